The van der Waals surface area contributed by atoms with Crippen LogP contribution < -0.4 is 4.72 Å². The van der Waals surface area contributed by atoms with Gasteiger partial charge in [0, 0.05) is 11.3 Å². The number of sulfonamides is 1. The maximum atomic E-state index is 12.5. The third-order valence-electron chi connectivity index (χ3n) is 4.11. The van der Waals surface area contributed by atoms with Crippen LogP contribution in [-0.2, 0) is 14.8 Å². The average Bonchev–Trinajstić information content (AvgIpc) is 2.66. The summed E-state index contributed by atoms with van der Waals surface area (Å²) < 4.78 is 30.1. The number of benzene rings is 3. The van der Waals surface area contributed by atoms with Gasteiger partial charge in [-0.25, -0.2) is 13.2 Å². The molecule has 0 bridgehead atoms. The quantitative estimate of drug-likeness (QED) is 0.507. The van der Waals surface area contributed by atoms with E-state index in [0.717, 1.165) is 17.0 Å². The van der Waals surface area contributed by atoms with Crippen molar-refractivity contribution in [1.29, 1.82) is 0 Å². The normalized spacial score (nSPS) is 12.4. The maximum Gasteiger partial charge on any atom is 0.338 e. The van der Waals surface area contributed by atoms with Crippen LogP contribution >= 0.6 is 0 Å². The van der Waals surface area contributed by atoms with Gasteiger partial charge in [0.2, 0.25) is 15.8 Å². The van der Waals surface area contributed by atoms with E-state index in [9.17, 15) is 18.0 Å². The van der Waals surface area contributed by atoms with Gasteiger partial charge in [0.15, 0.2) is 6.10 Å². The first-order chi connectivity index (χ1) is 13.2. The van der Waals surface area contributed by atoms with Crippen LogP contribution in [0.25, 0.3) is 10.8 Å². The van der Waals surface area contributed by atoms with E-state index in [-0.39, 0.29) is 5.78 Å². The first kappa shape index (κ1) is 19.6. The van der Waals surface area contributed by atoms with Crippen LogP contribution in [0.1, 0.15) is 27.6 Å². The fourth-order valence-corrected chi connectivity index (χ4v) is 3.31. The Morgan fingerprint density at radius 1 is 0.893 bits per heavy atom. The minimum Gasteiger partial charge on any atom is -0.451 e. The van der Waals surface area contributed by atoms with Gasteiger partial charge in [0.05, 0.1) is 11.8 Å². The highest BCUT2D eigenvalue weighted by molar-refractivity contribution is 7.92. The average molecular weight is 397 g/mol. The number of esters is 1. The second-order valence-electron chi connectivity index (χ2n) is 6.43. The Morgan fingerprint density at radius 2 is 1.50 bits per heavy atom. The first-order valence-electron chi connectivity index (χ1n) is 8.55. The molecule has 28 heavy (non-hydrogen) atoms. The zero-order chi connectivity index (χ0) is 20.3. The topological polar surface area (TPSA) is 89.5 Å². The Kier molecular flexibility index (Phi) is 5.46. The highest BCUT2D eigenvalue weighted by Crippen LogP contribution is 2.18. The standard InChI is InChI=1S/C21H19NO5S/c1-14(20(23)16-9-11-19(12-10-16)22-28(2,25)26)27-21(24)18-8-7-15-5-3-4-6-17(15)13-18/h3-14,22H,1-2H3/t14-/m0/s1. The number of fused-ring (bicyclic) bond motifs is 1. The lowest BCUT2D eigenvalue weighted by molar-refractivity contribution is 0.0319. The number of carbonyl (C=O) groups is 2. The van der Waals surface area contributed by atoms with Crippen molar-refractivity contribution in [3.05, 3.63) is 77.9 Å². The molecule has 0 saturated carbocycles. The largest absolute Gasteiger partial charge is 0.451 e. The molecule has 0 heterocycles. The molecule has 0 aliphatic heterocycles. The predicted octanol–water partition coefficient (Wildman–Crippen LogP) is 3.64. The van der Waals surface area contributed by atoms with Gasteiger partial charge in [0.1, 0.15) is 0 Å². The fourth-order valence-electron chi connectivity index (χ4n) is 2.75. The van der Waals surface area contributed by atoms with Crippen molar-refractivity contribution in [2.45, 2.75) is 13.0 Å². The second-order valence-corrected chi connectivity index (χ2v) is 8.17. The summed E-state index contributed by atoms with van der Waals surface area (Å²) in [5.41, 5.74) is 1.03. The summed E-state index contributed by atoms with van der Waals surface area (Å²) in [4.78, 5) is 24.9. The molecule has 3 aromatic carbocycles. The molecular weight excluding hydrogens is 378 g/mol. The zero-order valence-electron chi connectivity index (χ0n) is 15.4. The molecule has 144 valence electrons. The van der Waals surface area contributed by atoms with E-state index in [4.69, 9.17) is 4.74 Å². The number of Topliss-reactive ketones (excluding diaryl/α,β-unsaturated/α-hetero) is 1. The van der Waals surface area contributed by atoms with Crippen molar-refractivity contribution in [2.24, 2.45) is 0 Å². The van der Waals surface area contributed by atoms with Crippen molar-refractivity contribution < 1.29 is 22.7 Å². The van der Waals surface area contributed by atoms with E-state index >= 15 is 0 Å². The van der Waals surface area contributed by atoms with Crippen LogP contribution in [0.2, 0.25) is 0 Å². The summed E-state index contributed by atoms with van der Waals surface area (Å²) in [5, 5.41) is 1.91. The Bertz CT molecular complexity index is 1140. The summed E-state index contributed by atoms with van der Waals surface area (Å²) in [6.45, 7) is 1.50. The fraction of sp³-hybridized carbons (Fsp3) is 0.143. The van der Waals surface area contributed by atoms with Gasteiger partial charge in [-0.3, -0.25) is 9.52 Å². The third-order valence-corrected chi connectivity index (χ3v) is 4.72. The molecule has 3 aromatic rings. The monoisotopic (exact) mass is 397 g/mol. The lowest BCUT2D eigenvalue weighted by Gasteiger charge is -2.13. The van der Waals surface area contributed by atoms with Crippen molar-refractivity contribution in [2.75, 3.05) is 11.0 Å². The van der Waals surface area contributed by atoms with Crippen LogP contribution in [0.15, 0.2) is 66.7 Å². The van der Waals surface area contributed by atoms with E-state index in [0.29, 0.717) is 16.8 Å². The molecular formula is C21H19NO5S. The van der Waals surface area contributed by atoms with E-state index in [1.807, 2.05) is 30.3 Å². The van der Waals surface area contributed by atoms with Gasteiger partial charge in [-0.15, -0.1) is 0 Å². The molecule has 7 heteroatoms. The maximum absolute atomic E-state index is 12.5. The third kappa shape index (κ3) is 4.75. The SMILES string of the molecule is C[C@H](OC(=O)c1ccc2ccccc2c1)C(=O)c1ccc(NS(C)(=O)=O)cc1. The van der Waals surface area contributed by atoms with Crippen LogP contribution in [-0.4, -0.2) is 32.5 Å². The van der Waals surface area contributed by atoms with Gasteiger partial charge >= 0.3 is 5.97 Å². The number of hydrogen-bond acceptors (Lipinski definition) is 5. The summed E-state index contributed by atoms with van der Waals surface area (Å²) in [6, 6.07) is 18.8. The van der Waals surface area contributed by atoms with Crippen LogP contribution in [0.3, 0.4) is 0 Å². The predicted molar refractivity (Wildman–Crippen MR) is 108 cm³/mol. The Labute approximate surface area is 163 Å². The van der Waals surface area contributed by atoms with Crippen LogP contribution in [0.4, 0.5) is 5.69 Å². The molecule has 1 N–H and O–H groups in total. The van der Waals surface area contributed by atoms with Crippen LogP contribution in [0.5, 0.6) is 0 Å². The summed E-state index contributed by atoms with van der Waals surface area (Å²) in [7, 11) is -3.39. The lowest BCUT2D eigenvalue weighted by atomic mass is 10.1. The minimum atomic E-state index is -3.39. The molecule has 6 nitrogen and oxygen atoms in total. The number of anilines is 1. The van der Waals surface area contributed by atoms with Gasteiger partial charge in [-0.1, -0.05) is 30.3 Å². The number of ketones is 1. The van der Waals surface area contributed by atoms with E-state index < -0.39 is 22.1 Å². The number of carbonyl (C=O) groups excluding carboxylic acids is 2. The molecule has 3 rings (SSSR count). The van der Waals surface area contributed by atoms with Gasteiger partial charge in [-0.05, 0) is 54.1 Å². The molecule has 0 fully saturated rings. The molecule has 0 amide bonds. The Morgan fingerprint density at radius 3 is 2.14 bits per heavy atom. The molecule has 0 unspecified atom stereocenters. The smallest absolute Gasteiger partial charge is 0.338 e. The molecule has 1 atom stereocenters. The number of nitrogens with one attached hydrogen (secondary N) is 1. The Balaban J connectivity index is 1.69. The van der Waals surface area contributed by atoms with Crippen molar-refractivity contribution in [3.8, 4) is 0 Å². The van der Waals surface area contributed by atoms with Crippen molar-refractivity contribution >= 4 is 38.2 Å². The number of ether oxygens (including phenoxy) is 1. The van der Waals surface area contributed by atoms with E-state index in [1.165, 1.54) is 31.2 Å². The van der Waals surface area contributed by atoms with E-state index in [1.54, 1.807) is 12.1 Å². The van der Waals surface area contributed by atoms with E-state index in [2.05, 4.69) is 4.72 Å². The van der Waals surface area contributed by atoms with Gasteiger partial charge in [0.25, 0.3) is 0 Å². The molecule has 0 radical (unpaired) electrons. The lowest BCUT2D eigenvalue weighted by Crippen LogP contribution is -2.24. The van der Waals surface area contributed by atoms with Gasteiger partial charge < -0.3 is 4.74 Å². The highest BCUT2D eigenvalue weighted by Gasteiger charge is 2.20. The summed E-state index contributed by atoms with van der Waals surface area (Å²) in [6.07, 6.45) is 0.0630. The van der Waals surface area contributed by atoms with Crippen LogP contribution in [0, 0.1) is 0 Å². The second kappa shape index (κ2) is 7.82. The molecule has 0 spiro atoms. The van der Waals surface area contributed by atoms with Gasteiger partial charge in [-0.2, -0.15) is 0 Å². The first-order valence-corrected chi connectivity index (χ1v) is 10.4. The molecule has 0 aliphatic rings. The minimum absolute atomic E-state index is 0.317. The number of hydrogen-bond donors (Lipinski definition) is 1. The molecule has 0 aromatic heterocycles. The highest BCUT2D eigenvalue weighted by atomic mass is 32.2. The zero-order valence-corrected chi connectivity index (χ0v) is 16.2. The van der Waals surface area contributed by atoms with Crippen molar-refractivity contribution in [3.63, 3.8) is 0 Å². The molecule has 0 aliphatic carbocycles. The van der Waals surface area contributed by atoms with Crippen molar-refractivity contribution in [1.82, 2.24) is 0 Å². The summed E-state index contributed by atoms with van der Waals surface area (Å²) >= 11 is 0. The summed E-state index contributed by atoms with van der Waals surface area (Å²) in [5.74, 6) is -0.956. The number of rotatable bonds is 6. The molecule has 0 saturated heterocycles. The Hall–Kier alpha value is -3.19.